The first-order valence-electron chi connectivity index (χ1n) is 6.49. The van der Waals surface area contributed by atoms with Gasteiger partial charge in [-0.05, 0) is 24.6 Å². The van der Waals surface area contributed by atoms with Gasteiger partial charge in [-0.2, -0.15) is 0 Å². The molecule has 0 bridgehead atoms. The normalized spacial score (nSPS) is 17.4. The van der Waals surface area contributed by atoms with E-state index in [1.807, 2.05) is 43.3 Å². The molecule has 0 saturated heterocycles. The van der Waals surface area contributed by atoms with E-state index in [0.29, 0.717) is 6.54 Å². The highest BCUT2D eigenvalue weighted by Crippen LogP contribution is 2.39. The van der Waals surface area contributed by atoms with E-state index in [4.69, 9.17) is 5.73 Å². The Morgan fingerprint density at radius 2 is 2.00 bits per heavy atom. The minimum atomic E-state index is -0.578. The number of hydrogen-bond donors (Lipinski definition) is 1. The molecule has 1 aliphatic heterocycles. The molecule has 0 aliphatic carbocycles. The van der Waals surface area contributed by atoms with Crippen LogP contribution in [0, 0.1) is 6.92 Å². The molecule has 3 nitrogen and oxygen atoms in total. The molecule has 4 heteroatoms. The van der Waals surface area contributed by atoms with Crippen LogP contribution in [-0.4, -0.2) is 5.91 Å². The zero-order chi connectivity index (χ0) is 14.3. The molecule has 1 unspecified atom stereocenters. The lowest BCUT2D eigenvalue weighted by atomic mass is 10.1. The van der Waals surface area contributed by atoms with Crippen LogP contribution in [0.25, 0.3) is 0 Å². The number of nitrogens with zero attached hydrogens (tertiary/aromatic N) is 1. The molecule has 0 fully saturated rings. The molecule has 0 saturated carbocycles. The van der Waals surface area contributed by atoms with Crippen LogP contribution in [0.4, 0.5) is 5.69 Å². The van der Waals surface area contributed by atoms with Gasteiger partial charge in [0.2, 0.25) is 5.91 Å². The van der Waals surface area contributed by atoms with Gasteiger partial charge in [0, 0.05) is 10.0 Å². The second-order valence-corrected chi connectivity index (χ2v) is 5.92. The number of benzene rings is 2. The Bertz CT molecular complexity index is 684. The maximum Gasteiger partial charge on any atom is 0.248 e. The van der Waals surface area contributed by atoms with Crippen LogP contribution >= 0.6 is 15.9 Å². The van der Waals surface area contributed by atoms with Crippen LogP contribution in [0.15, 0.2) is 46.9 Å². The monoisotopic (exact) mass is 330 g/mol. The van der Waals surface area contributed by atoms with Crippen molar-refractivity contribution in [2.24, 2.45) is 5.73 Å². The first-order valence-corrected chi connectivity index (χ1v) is 7.28. The molecule has 1 heterocycles. The summed E-state index contributed by atoms with van der Waals surface area (Å²) in [4.78, 5) is 14.1. The van der Waals surface area contributed by atoms with E-state index >= 15 is 0 Å². The number of hydrogen-bond acceptors (Lipinski definition) is 2. The van der Waals surface area contributed by atoms with Crippen LogP contribution < -0.4 is 10.6 Å². The van der Waals surface area contributed by atoms with Crippen LogP contribution in [0.1, 0.15) is 22.7 Å². The molecule has 1 aliphatic rings. The predicted molar refractivity (Wildman–Crippen MR) is 83.4 cm³/mol. The topological polar surface area (TPSA) is 46.3 Å². The van der Waals surface area contributed by atoms with Gasteiger partial charge in [0.15, 0.2) is 0 Å². The fourth-order valence-corrected chi connectivity index (χ4v) is 3.24. The van der Waals surface area contributed by atoms with Gasteiger partial charge in [0.05, 0.1) is 12.2 Å². The minimum absolute atomic E-state index is 0.0478. The summed E-state index contributed by atoms with van der Waals surface area (Å²) in [5.74, 6) is -0.0478. The van der Waals surface area contributed by atoms with E-state index in [-0.39, 0.29) is 5.91 Å². The summed E-state index contributed by atoms with van der Waals surface area (Å²) in [5.41, 5.74) is 10.1. The Kier molecular flexibility index (Phi) is 3.36. The molecule has 2 aromatic carbocycles. The van der Waals surface area contributed by atoms with E-state index in [0.717, 1.165) is 21.3 Å². The summed E-state index contributed by atoms with van der Waals surface area (Å²) in [5, 5.41) is 0. The molecular formula is C16H15BrN2O. The Morgan fingerprint density at radius 1 is 1.25 bits per heavy atom. The lowest BCUT2D eigenvalue weighted by Crippen LogP contribution is -2.31. The SMILES string of the molecule is Cc1cccc(CN2C(=O)C(N)c3c(Br)cccc32)c1. The zero-order valence-corrected chi connectivity index (χ0v) is 12.7. The average molecular weight is 331 g/mol. The highest BCUT2D eigenvalue weighted by atomic mass is 79.9. The van der Waals surface area contributed by atoms with Gasteiger partial charge in [0.1, 0.15) is 6.04 Å². The zero-order valence-electron chi connectivity index (χ0n) is 11.1. The number of anilines is 1. The maximum absolute atomic E-state index is 12.4. The van der Waals surface area contributed by atoms with Crippen molar-refractivity contribution in [3.05, 3.63) is 63.6 Å². The standard InChI is InChI=1S/C16H15BrN2O/c1-10-4-2-5-11(8-10)9-19-13-7-3-6-12(17)14(13)15(18)16(19)20/h2-8,15H,9,18H2,1H3. The van der Waals surface area contributed by atoms with Gasteiger partial charge in [-0.3, -0.25) is 4.79 Å². The molecule has 20 heavy (non-hydrogen) atoms. The molecule has 1 atom stereocenters. The van der Waals surface area contributed by atoms with E-state index in [9.17, 15) is 4.79 Å². The smallest absolute Gasteiger partial charge is 0.248 e. The molecular weight excluding hydrogens is 316 g/mol. The van der Waals surface area contributed by atoms with E-state index in [2.05, 4.69) is 22.0 Å². The Labute approximate surface area is 126 Å². The number of rotatable bonds is 2. The first-order chi connectivity index (χ1) is 9.58. The lowest BCUT2D eigenvalue weighted by molar-refractivity contribution is -0.119. The van der Waals surface area contributed by atoms with E-state index in [1.54, 1.807) is 4.90 Å². The van der Waals surface area contributed by atoms with E-state index in [1.165, 1.54) is 5.56 Å². The molecule has 3 rings (SSSR count). The highest BCUT2D eigenvalue weighted by Gasteiger charge is 2.36. The third kappa shape index (κ3) is 2.15. The molecule has 2 aromatic rings. The number of carbonyl (C=O) groups excluding carboxylic acids is 1. The van der Waals surface area contributed by atoms with Gasteiger partial charge >= 0.3 is 0 Å². The number of aryl methyl sites for hydroxylation is 1. The van der Waals surface area contributed by atoms with Gasteiger partial charge in [0.25, 0.3) is 0 Å². The fraction of sp³-hybridized carbons (Fsp3) is 0.188. The minimum Gasteiger partial charge on any atom is -0.316 e. The van der Waals surface area contributed by atoms with Crippen molar-refractivity contribution in [1.29, 1.82) is 0 Å². The van der Waals surface area contributed by atoms with Crippen molar-refractivity contribution in [2.45, 2.75) is 19.5 Å². The third-order valence-electron chi connectivity index (χ3n) is 3.59. The molecule has 1 amide bonds. The van der Waals surface area contributed by atoms with Crippen LogP contribution in [0.3, 0.4) is 0 Å². The Morgan fingerprint density at radius 3 is 2.75 bits per heavy atom. The lowest BCUT2D eigenvalue weighted by Gasteiger charge is -2.18. The van der Waals surface area contributed by atoms with Crippen molar-refractivity contribution in [3.8, 4) is 0 Å². The predicted octanol–water partition coefficient (Wildman–Crippen LogP) is 3.30. The molecule has 0 aromatic heterocycles. The van der Waals surface area contributed by atoms with Crippen molar-refractivity contribution >= 4 is 27.5 Å². The Balaban J connectivity index is 2.00. The largest absolute Gasteiger partial charge is 0.316 e. The molecule has 0 radical (unpaired) electrons. The second-order valence-electron chi connectivity index (χ2n) is 5.06. The van der Waals surface area contributed by atoms with Crippen LogP contribution in [0.2, 0.25) is 0 Å². The van der Waals surface area contributed by atoms with Crippen LogP contribution in [-0.2, 0) is 11.3 Å². The second kappa shape index (κ2) is 5.04. The van der Waals surface area contributed by atoms with Crippen molar-refractivity contribution in [2.75, 3.05) is 4.90 Å². The van der Waals surface area contributed by atoms with Crippen molar-refractivity contribution < 1.29 is 4.79 Å². The molecule has 0 spiro atoms. The van der Waals surface area contributed by atoms with E-state index < -0.39 is 6.04 Å². The van der Waals surface area contributed by atoms with Gasteiger partial charge in [-0.15, -0.1) is 0 Å². The maximum atomic E-state index is 12.4. The summed E-state index contributed by atoms with van der Waals surface area (Å²) in [6, 6.07) is 13.4. The van der Waals surface area contributed by atoms with Gasteiger partial charge < -0.3 is 10.6 Å². The summed E-state index contributed by atoms with van der Waals surface area (Å²) in [6.07, 6.45) is 0. The third-order valence-corrected chi connectivity index (χ3v) is 4.28. The average Bonchev–Trinajstić information content (AvgIpc) is 2.65. The number of fused-ring (bicyclic) bond motifs is 1. The Hall–Kier alpha value is -1.65. The van der Waals surface area contributed by atoms with Crippen molar-refractivity contribution in [3.63, 3.8) is 0 Å². The quantitative estimate of drug-likeness (QED) is 0.918. The van der Waals surface area contributed by atoms with Crippen LogP contribution in [0.5, 0.6) is 0 Å². The number of nitrogens with two attached hydrogens (primary N) is 1. The number of halogens is 1. The fourth-order valence-electron chi connectivity index (χ4n) is 2.64. The highest BCUT2D eigenvalue weighted by molar-refractivity contribution is 9.10. The van der Waals surface area contributed by atoms with Gasteiger partial charge in [-0.1, -0.05) is 51.8 Å². The molecule has 2 N–H and O–H groups in total. The summed E-state index contributed by atoms with van der Waals surface area (Å²) >= 11 is 3.48. The number of carbonyl (C=O) groups is 1. The number of amides is 1. The summed E-state index contributed by atoms with van der Waals surface area (Å²) < 4.78 is 0.891. The van der Waals surface area contributed by atoms with Gasteiger partial charge in [-0.25, -0.2) is 0 Å². The summed E-state index contributed by atoms with van der Waals surface area (Å²) in [6.45, 7) is 2.60. The van der Waals surface area contributed by atoms with Crippen molar-refractivity contribution in [1.82, 2.24) is 0 Å². The first kappa shape index (κ1) is 13.3. The summed E-state index contributed by atoms with van der Waals surface area (Å²) in [7, 11) is 0. The molecule has 102 valence electrons.